The molecule has 3 rings (SSSR count). The molecule has 0 atom stereocenters. The van der Waals surface area contributed by atoms with Gasteiger partial charge in [0, 0.05) is 6.20 Å². The SMILES string of the molecule is CCCCC1CCC(C2CCC(c3ccc(Cl)nc3)CC2)CC1. The molecule has 0 radical (unpaired) electrons. The number of hydrogen-bond donors (Lipinski definition) is 0. The van der Waals surface area contributed by atoms with Crippen LogP contribution in [-0.2, 0) is 0 Å². The van der Waals surface area contributed by atoms with E-state index in [1.54, 1.807) is 0 Å². The highest BCUT2D eigenvalue weighted by Gasteiger charge is 2.31. The fourth-order valence-electron chi connectivity index (χ4n) is 4.99. The average Bonchev–Trinajstić information content (AvgIpc) is 2.61. The predicted octanol–water partition coefficient (Wildman–Crippen LogP) is 7.01. The Morgan fingerprint density at radius 1 is 0.957 bits per heavy atom. The first kappa shape index (κ1) is 17.3. The smallest absolute Gasteiger partial charge is 0.129 e. The Kier molecular flexibility index (Phi) is 6.39. The summed E-state index contributed by atoms with van der Waals surface area (Å²) in [4.78, 5) is 4.26. The van der Waals surface area contributed by atoms with E-state index < -0.39 is 0 Å². The van der Waals surface area contributed by atoms with Crippen molar-refractivity contribution >= 4 is 11.6 Å². The van der Waals surface area contributed by atoms with Crippen molar-refractivity contribution in [1.82, 2.24) is 4.98 Å². The summed E-state index contributed by atoms with van der Waals surface area (Å²) in [5, 5.41) is 0.613. The summed E-state index contributed by atoms with van der Waals surface area (Å²) < 4.78 is 0. The highest BCUT2D eigenvalue weighted by atomic mass is 35.5. The number of hydrogen-bond acceptors (Lipinski definition) is 1. The van der Waals surface area contributed by atoms with Crippen molar-refractivity contribution in [3.8, 4) is 0 Å². The molecule has 2 aliphatic rings. The van der Waals surface area contributed by atoms with Gasteiger partial charge in [0.25, 0.3) is 0 Å². The fraction of sp³-hybridized carbons (Fsp3) is 0.762. The van der Waals surface area contributed by atoms with E-state index in [0.717, 1.165) is 23.7 Å². The van der Waals surface area contributed by atoms with E-state index in [1.807, 2.05) is 12.3 Å². The van der Waals surface area contributed by atoms with E-state index in [4.69, 9.17) is 11.6 Å². The fourth-order valence-corrected chi connectivity index (χ4v) is 5.11. The highest BCUT2D eigenvalue weighted by Crippen LogP contribution is 2.44. The van der Waals surface area contributed by atoms with Crippen molar-refractivity contribution in [1.29, 1.82) is 0 Å². The minimum Gasteiger partial charge on any atom is -0.244 e. The van der Waals surface area contributed by atoms with Crippen LogP contribution < -0.4 is 0 Å². The molecule has 1 heterocycles. The lowest BCUT2D eigenvalue weighted by atomic mass is 9.68. The van der Waals surface area contributed by atoms with E-state index in [-0.39, 0.29) is 0 Å². The second-order valence-electron chi connectivity index (χ2n) is 7.95. The largest absolute Gasteiger partial charge is 0.244 e. The summed E-state index contributed by atoms with van der Waals surface area (Å²) in [6.45, 7) is 2.32. The summed E-state index contributed by atoms with van der Waals surface area (Å²) >= 11 is 5.91. The van der Waals surface area contributed by atoms with E-state index in [9.17, 15) is 0 Å². The zero-order chi connectivity index (χ0) is 16.1. The van der Waals surface area contributed by atoms with Crippen LogP contribution in [-0.4, -0.2) is 4.98 Å². The highest BCUT2D eigenvalue weighted by molar-refractivity contribution is 6.29. The molecule has 128 valence electrons. The molecule has 2 fully saturated rings. The van der Waals surface area contributed by atoms with Gasteiger partial charge < -0.3 is 0 Å². The summed E-state index contributed by atoms with van der Waals surface area (Å²) in [5.74, 6) is 3.79. The molecule has 0 aliphatic heterocycles. The molecule has 0 bridgehead atoms. The molecule has 0 unspecified atom stereocenters. The molecule has 1 aromatic rings. The molecule has 23 heavy (non-hydrogen) atoms. The first-order chi connectivity index (χ1) is 11.3. The minimum absolute atomic E-state index is 0.613. The molecule has 0 N–H and O–H groups in total. The number of halogens is 1. The number of rotatable bonds is 5. The Morgan fingerprint density at radius 3 is 2.17 bits per heavy atom. The number of aromatic nitrogens is 1. The van der Waals surface area contributed by atoms with Gasteiger partial charge in [-0.1, -0.05) is 56.7 Å². The summed E-state index contributed by atoms with van der Waals surface area (Å²) in [5.41, 5.74) is 1.40. The Hall–Kier alpha value is -0.560. The number of unbranched alkanes of at least 4 members (excludes halogenated alkanes) is 1. The van der Waals surface area contributed by atoms with Crippen molar-refractivity contribution in [2.24, 2.45) is 17.8 Å². The Balaban J connectivity index is 1.43. The van der Waals surface area contributed by atoms with Crippen molar-refractivity contribution in [2.45, 2.75) is 83.5 Å². The lowest BCUT2D eigenvalue weighted by Gasteiger charge is -2.38. The zero-order valence-corrected chi connectivity index (χ0v) is 15.4. The van der Waals surface area contributed by atoms with Crippen LogP contribution in [0.2, 0.25) is 5.15 Å². The molecule has 1 nitrogen and oxygen atoms in total. The molecule has 1 aromatic heterocycles. The van der Waals surface area contributed by atoms with Crippen molar-refractivity contribution in [2.75, 3.05) is 0 Å². The molecular formula is C21H32ClN. The monoisotopic (exact) mass is 333 g/mol. The van der Waals surface area contributed by atoms with Crippen LogP contribution in [0.3, 0.4) is 0 Å². The molecule has 0 spiro atoms. The van der Waals surface area contributed by atoms with Crippen LogP contribution >= 0.6 is 11.6 Å². The van der Waals surface area contributed by atoms with Gasteiger partial charge in [0.2, 0.25) is 0 Å². The standard InChI is InChI=1S/C21H32ClN/c1-2-3-4-16-5-7-17(8-6-16)18-9-11-19(12-10-18)20-13-14-21(22)23-15-20/h13-19H,2-12H2,1H3. The van der Waals surface area contributed by atoms with Gasteiger partial charge >= 0.3 is 0 Å². The predicted molar refractivity (Wildman–Crippen MR) is 98.9 cm³/mol. The second kappa shape index (κ2) is 8.51. The number of nitrogens with zero attached hydrogens (tertiary/aromatic N) is 1. The van der Waals surface area contributed by atoms with Crippen LogP contribution in [0.25, 0.3) is 0 Å². The topological polar surface area (TPSA) is 12.9 Å². The van der Waals surface area contributed by atoms with Crippen LogP contribution in [0.4, 0.5) is 0 Å². The van der Waals surface area contributed by atoms with Gasteiger partial charge in [-0.3, -0.25) is 0 Å². The minimum atomic E-state index is 0.613. The van der Waals surface area contributed by atoms with Crippen LogP contribution in [0.5, 0.6) is 0 Å². The summed E-state index contributed by atoms with van der Waals surface area (Å²) in [6.07, 6.45) is 17.9. The lowest BCUT2D eigenvalue weighted by Crippen LogP contribution is -2.25. The van der Waals surface area contributed by atoms with Gasteiger partial charge in [-0.05, 0) is 73.8 Å². The van der Waals surface area contributed by atoms with Gasteiger partial charge in [0.05, 0.1) is 0 Å². The maximum atomic E-state index is 5.91. The van der Waals surface area contributed by atoms with Gasteiger partial charge in [-0.25, -0.2) is 4.98 Å². The molecule has 0 aromatic carbocycles. The van der Waals surface area contributed by atoms with E-state index in [1.165, 1.54) is 76.2 Å². The zero-order valence-electron chi connectivity index (χ0n) is 14.6. The molecule has 0 amide bonds. The summed E-state index contributed by atoms with van der Waals surface area (Å²) in [7, 11) is 0. The summed E-state index contributed by atoms with van der Waals surface area (Å²) in [6, 6.07) is 4.12. The molecular weight excluding hydrogens is 302 g/mol. The molecule has 2 aliphatic carbocycles. The third kappa shape index (κ3) is 4.72. The maximum absolute atomic E-state index is 5.91. The second-order valence-corrected chi connectivity index (χ2v) is 8.34. The third-order valence-electron chi connectivity index (χ3n) is 6.52. The van der Waals surface area contributed by atoms with Gasteiger partial charge in [-0.2, -0.15) is 0 Å². The van der Waals surface area contributed by atoms with E-state index >= 15 is 0 Å². The van der Waals surface area contributed by atoms with E-state index in [2.05, 4.69) is 18.0 Å². The quantitative estimate of drug-likeness (QED) is 0.528. The van der Waals surface area contributed by atoms with E-state index in [0.29, 0.717) is 5.15 Å². The first-order valence-electron chi connectivity index (χ1n) is 9.87. The number of pyridine rings is 1. The maximum Gasteiger partial charge on any atom is 0.129 e. The van der Waals surface area contributed by atoms with Crippen molar-refractivity contribution in [3.63, 3.8) is 0 Å². The Bertz CT molecular complexity index is 453. The Morgan fingerprint density at radius 2 is 1.61 bits per heavy atom. The van der Waals surface area contributed by atoms with Crippen LogP contribution in [0, 0.1) is 17.8 Å². The van der Waals surface area contributed by atoms with Gasteiger partial charge in [0.1, 0.15) is 5.15 Å². The van der Waals surface area contributed by atoms with Crippen molar-refractivity contribution < 1.29 is 0 Å². The van der Waals surface area contributed by atoms with Gasteiger partial charge in [0.15, 0.2) is 0 Å². The third-order valence-corrected chi connectivity index (χ3v) is 6.74. The van der Waals surface area contributed by atoms with Gasteiger partial charge in [-0.15, -0.1) is 0 Å². The Labute approximate surface area is 147 Å². The molecule has 2 heteroatoms. The van der Waals surface area contributed by atoms with Crippen LogP contribution in [0.1, 0.15) is 89.0 Å². The molecule has 0 saturated heterocycles. The van der Waals surface area contributed by atoms with Crippen molar-refractivity contribution in [3.05, 3.63) is 29.0 Å². The molecule has 2 saturated carbocycles. The average molecular weight is 334 g/mol. The first-order valence-corrected chi connectivity index (χ1v) is 10.3. The lowest BCUT2D eigenvalue weighted by molar-refractivity contribution is 0.156. The van der Waals surface area contributed by atoms with Crippen LogP contribution in [0.15, 0.2) is 18.3 Å². The normalized spacial score (nSPS) is 31.9.